The summed E-state index contributed by atoms with van der Waals surface area (Å²) in [7, 11) is 0. The van der Waals surface area contributed by atoms with Crippen LogP contribution in [-0.4, -0.2) is 46.9 Å². The Labute approximate surface area is 355 Å². The number of Topliss-reactive ketones (excluding diaryl/α,β-unsaturated/α-hetero) is 2. The van der Waals surface area contributed by atoms with E-state index in [4.69, 9.17) is 9.47 Å². The highest BCUT2D eigenvalue weighted by atomic mass is 32.1. The molecule has 0 saturated carbocycles. The van der Waals surface area contributed by atoms with Crippen molar-refractivity contribution in [3.63, 3.8) is 0 Å². The van der Waals surface area contributed by atoms with Gasteiger partial charge in [-0.15, -0.1) is 47.9 Å². The molecule has 57 heavy (non-hydrogen) atoms. The van der Waals surface area contributed by atoms with E-state index in [2.05, 4.69) is 25.3 Å². The Morgan fingerprint density at radius 3 is 1.32 bits per heavy atom. The first kappa shape index (κ1) is 45.9. The van der Waals surface area contributed by atoms with Gasteiger partial charge in [-0.1, -0.05) is 101 Å². The Bertz CT molecular complexity index is 1860. The lowest BCUT2D eigenvalue weighted by molar-refractivity contribution is -0.144. The van der Waals surface area contributed by atoms with Gasteiger partial charge in [0, 0.05) is 31.1 Å². The van der Waals surface area contributed by atoms with Gasteiger partial charge in [0.1, 0.15) is 0 Å². The molecule has 0 saturated heterocycles. The average molecular weight is 849 g/mol. The van der Waals surface area contributed by atoms with Crippen molar-refractivity contribution in [1.82, 2.24) is 0 Å². The Morgan fingerprint density at radius 1 is 0.614 bits per heavy atom. The van der Waals surface area contributed by atoms with Crippen molar-refractivity contribution < 1.29 is 38.2 Å². The molecular weight excluding hydrogens is 797 g/mol. The zero-order valence-corrected chi connectivity index (χ0v) is 36.5. The average Bonchev–Trinajstić information content (AvgIpc) is 3.84. The maximum absolute atomic E-state index is 14.2. The van der Waals surface area contributed by atoms with Crippen molar-refractivity contribution in [3.05, 3.63) is 115 Å². The number of rotatable bonds is 24. The number of thiophene rings is 2. The quantitative estimate of drug-likeness (QED) is 0.0310. The maximum Gasteiger partial charge on any atom is 0.306 e. The second-order valence-corrected chi connectivity index (χ2v) is 17.2. The van der Waals surface area contributed by atoms with Crippen molar-refractivity contribution >= 4 is 81.7 Å². The number of carbonyl (C=O) groups is 6. The maximum atomic E-state index is 14.2. The van der Waals surface area contributed by atoms with Gasteiger partial charge in [0.25, 0.3) is 0 Å². The van der Waals surface area contributed by atoms with Crippen LogP contribution in [0.25, 0.3) is 0 Å². The molecule has 12 heteroatoms. The molecule has 2 unspecified atom stereocenters. The number of ketones is 2. The van der Waals surface area contributed by atoms with Crippen molar-refractivity contribution in [3.8, 4) is 0 Å². The first-order chi connectivity index (χ1) is 27.3. The normalized spacial score (nSPS) is 12.5. The number of esters is 2. The van der Waals surface area contributed by atoms with E-state index in [1.807, 2.05) is 74.9 Å². The van der Waals surface area contributed by atoms with Gasteiger partial charge in [0.05, 0.1) is 34.8 Å². The van der Waals surface area contributed by atoms with Gasteiger partial charge in [-0.2, -0.15) is 0 Å². The molecule has 0 bridgehead atoms. The molecule has 0 fully saturated rings. The summed E-state index contributed by atoms with van der Waals surface area (Å²) in [6.45, 7) is 8.65. The summed E-state index contributed by atoms with van der Waals surface area (Å²) < 4.78 is 11.0. The highest BCUT2D eigenvalue weighted by molar-refractivity contribution is 7.97. The minimum absolute atomic E-state index is 0.0415. The zero-order chi connectivity index (χ0) is 41.5. The molecule has 304 valence electrons. The van der Waals surface area contributed by atoms with Crippen LogP contribution < -0.4 is 0 Å². The number of unbranched alkanes of at least 4 members (excludes halogenated alkanes) is 2. The van der Waals surface area contributed by atoms with E-state index in [0.717, 1.165) is 36.8 Å². The molecule has 2 atom stereocenters. The second kappa shape index (κ2) is 22.3. The number of hydrogen-bond donors (Lipinski definition) is 2. The third kappa shape index (κ3) is 12.6. The minimum Gasteiger partial charge on any atom is -0.466 e. The van der Waals surface area contributed by atoms with Crippen molar-refractivity contribution in [2.75, 3.05) is 13.2 Å². The van der Waals surface area contributed by atoms with Crippen LogP contribution in [0.2, 0.25) is 0 Å². The minimum atomic E-state index is -0.816. The summed E-state index contributed by atoms with van der Waals surface area (Å²) in [6.07, 6.45) is 3.56. The SMILES string of the molecule is CCCCOC(=O)CCc1c(C(C)(C)c2csc(C(=O)CC(C(=O)S)c3ccccc3)c2CCC(=O)OCCCC)csc1C(=O)CC(C(=O)S)c1ccccc1. The van der Waals surface area contributed by atoms with E-state index >= 15 is 0 Å². The summed E-state index contributed by atoms with van der Waals surface area (Å²) >= 11 is 10.8. The molecule has 4 rings (SSSR count). The fourth-order valence-electron chi connectivity index (χ4n) is 6.80. The Kier molecular flexibility index (Phi) is 18.0. The molecule has 2 aromatic heterocycles. The molecule has 4 aromatic rings. The third-order valence-electron chi connectivity index (χ3n) is 10.1. The molecule has 2 aromatic carbocycles. The highest BCUT2D eigenvalue weighted by Gasteiger charge is 2.36. The molecule has 8 nitrogen and oxygen atoms in total. The van der Waals surface area contributed by atoms with Crippen LogP contribution in [0.15, 0.2) is 71.4 Å². The lowest BCUT2D eigenvalue weighted by atomic mass is 9.75. The van der Waals surface area contributed by atoms with Gasteiger partial charge in [-0.25, -0.2) is 0 Å². The van der Waals surface area contributed by atoms with Crippen LogP contribution in [0.4, 0.5) is 0 Å². The third-order valence-corrected chi connectivity index (χ3v) is 12.9. The lowest BCUT2D eigenvalue weighted by Crippen LogP contribution is -2.23. The number of ether oxygens (including phenoxy) is 2. The Morgan fingerprint density at radius 2 is 0.982 bits per heavy atom. The van der Waals surface area contributed by atoms with E-state index in [-0.39, 0.29) is 62.0 Å². The molecule has 0 N–H and O–H groups in total. The number of hydrogen-bond acceptors (Lipinski definition) is 10. The van der Waals surface area contributed by atoms with Crippen LogP contribution in [0.1, 0.15) is 144 Å². The topological polar surface area (TPSA) is 121 Å². The van der Waals surface area contributed by atoms with E-state index in [1.54, 1.807) is 24.3 Å². The first-order valence-electron chi connectivity index (χ1n) is 19.4. The van der Waals surface area contributed by atoms with Gasteiger partial charge in [-0.3, -0.25) is 28.8 Å². The fraction of sp³-hybridized carbons (Fsp3) is 0.422. The fourth-order valence-corrected chi connectivity index (χ4v) is 9.77. The smallest absolute Gasteiger partial charge is 0.306 e. The van der Waals surface area contributed by atoms with Gasteiger partial charge in [-0.05, 0) is 69.8 Å². The van der Waals surface area contributed by atoms with Crippen LogP contribution in [0.3, 0.4) is 0 Å². The summed E-state index contributed by atoms with van der Waals surface area (Å²) in [4.78, 5) is 80.6. The van der Waals surface area contributed by atoms with Gasteiger partial charge >= 0.3 is 11.9 Å². The van der Waals surface area contributed by atoms with Gasteiger partial charge in [0.2, 0.25) is 0 Å². The van der Waals surface area contributed by atoms with E-state index in [1.165, 1.54) is 22.7 Å². The molecule has 0 spiro atoms. The van der Waals surface area contributed by atoms with E-state index in [0.29, 0.717) is 45.2 Å². The summed E-state index contributed by atoms with van der Waals surface area (Å²) in [6, 6.07) is 18.1. The monoisotopic (exact) mass is 848 g/mol. The summed E-state index contributed by atoms with van der Waals surface area (Å²) in [5.74, 6) is -2.75. The Hall–Kier alpha value is -3.84. The number of carbonyl (C=O) groups excluding carboxylic acids is 6. The predicted molar refractivity (Wildman–Crippen MR) is 233 cm³/mol. The van der Waals surface area contributed by atoms with Gasteiger partial charge in [0.15, 0.2) is 21.8 Å². The molecule has 0 aliphatic rings. The highest BCUT2D eigenvalue weighted by Crippen LogP contribution is 2.44. The van der Waals surface area contributed by atoms with E-state index < -0.39 is 27.5 Å². The van der Waals surface area contributed by atoms with Gasteiger partial charge < -0.3 is 9.47 Å². The molecule has 0 radical (unpaired) electrons. The first-order valence-corrected chi connectivity index (χ1v) is 22.1. The zero-order valence-electron chi connectivity index (χ0n) is 33.0. The summed E-state index contributed by atoms with van der Waals surface area (Å²) in [5, 5.41) is 2.99. The van der Waals surface area contributed by atoms with Crippen LogP contribution in [0.5, 0.6) is 0 Å². The van der Waals surface area contributed by atoms with Crippen molar-refractivity contribution in [2.24, 2.45) is 0 Å². The molecule has 2 heterocycles. The second-order valence-electron chi connectivity index (χ2n) is 14.5. The lowest BCUT2D eigenvalue weighted by Gasteiger charge is -2.28. The van der Waals surface area contributed by atoms with E-state index in [9.17, 15) is 28.8 Å². The molecule has 0 aliphatic heterocycles. The van der Waals surface area contributed by atoms with Crippen molar-refractivity contribution in [1.29, 1.82) is 0 Å². The van der Waals surface area contributed by atoms with Crippen LogP contribution >= 0.6 is 47.9 Å². The van der Waals surface area contributed by atoms with Crippen molar-refractivity contribution in [2.45, 2.75) is 109 Å². The molecule has 0 aliphatic carbocycles. The molecular formula is C45H52O8S4. The number of thiol groups is 2. The Balaban J connectivity index is 1.77. The summed E-state index contributed by atoms with van der Waals surface area (Å²) in [5.41, 5.74) is 3.50. The molecule has 0 amide bonds. The number of benzene rings is 2. The standard InChI is InChI=1S/C45H52O8S4/c1-5-7-23-52-39(48)21-19-31-35(27-56-41(31)37(46)25-33(43(50)54)29-15-11-9-12-16-29)45(3,4)36-28-57-42(32(36)20-22-40(49)53-24-8-6-2)38(47)26-34(44(51)55)30-17-13-10-14-18-30/h9-18,27-28,33-34H,5-8,19-26H2,1-4H3,(H,50,54)(H,51,55). The largest absolute Gasteiger partial charge is 0.466 e. The van der Waals surface area contributed by atoms with Crippen LogP contribution in [0, 0.1) is 0 Å². The predicted octanol–water partition coefficient (Wildman–Crippen LogP) is 10.3. The van der Waals surface area contributed by atoms with Crippen LogP contribution in [-0.2, 0) is 46.9 Å².